The smallest absolute Gasteiger partial charge is 0.264 e. The molecule has 0 bridgehead atoms. The van der Waals surface area contributed by atoms with Crippen LogP contribution in [0.4, 0.5) is 11.4 Å². The number of anilines is 2. The van der Waals surface area contributed by atoms with Crippen LogP contribution in [0.25, 0.3) is 11.0 Å². The van der Waals surface area contributed by atoms with Gasteiger partial charge in [0, 0.05) is 0 Å². The van der Waals surface area contributed by atoms with Crippen LogP contribution in [0.3, 0.4) is 0 Å². The first kappa shape index (κ1) is 22.0. The summed E-state index contributed by atoms with van der Waals surface area (Å²) in [6, 6.07) is 15.4. The Balaban J connectivity index is 1.69. The molecule has 3 aromatic carbocycles. The van der Waals surface area contributed by atoms with Crippen molar-refractivity contribution in [1.82, 2.24) is 8.75 Å². The number of aryl methyl sites for hydroxylation is 1. The van der Waals surface area contributed by atoms with E-state index in [1.54, 1.807) is 43.3 Å². The minimum Gasteiger partial charge on any atom is -0.495 e. The summed E-state index contributed by atoms with van der Waals surface area (Å²) < 4.78 is 70.2. The minimum absolute atomic E-state index is 0.0384. The summed E-state index contributed by atoms with van der Waals surface area (Å²) in [6.45, 7) is 1.67. The van der Waals surface area contributed by atoms with E-state index in [9.17, 15) is 16.8 Å². The molecule has 0 unspecified atom stereocenters. The van der Waals surface area contributed by atoms with Crippen molar-refractivity contribution in [3.05, 3.63) is 66.2 Å². The zero-order valence-corrected chi connectivity index (χ0v) is 19.4. The number of methoxy groups -OCH3 is 1. The summed E-state index contributed by atoms with van der Waals surface area (Å²) in [5.41, 5.74) is 1.66. The van der Waals surface area contributed by atoms with E-state index in [1.807, 2.05) is 0 Å². The Morgan fingerprint density at radius 2 is 1.59 bits per heavy atom. The van der Waals surface area contributed by atoms with Crippen LogP contribution in [0.5, 0.6) is 5.75 Å². The third kappa shape index (κ3) is 4.24. The van der Waals surface area contributed by atoms with Crippen LogP contribution in [-0.2, 0) is 20.0 Å². The van der Waals surface area contributed by atoms with Crippen molar-refractivity contribution in [3.63, 3.8) is 0 Å². The molecule has 0 aliphatic rings. The molecule has 0 aliphatic heterocycles. The van der Waals surface area contributed by atoms with Crippen LogP contribution < -0.4 is 14.2 Å². The van der Waals surface area contributed by atoms with E-state index in [0.717, 1.165) is 11.7 Å². The zero-order chi connectivity index (χ0) is 22.9. The maximum atomic E-state index is 13.0. The molecule has 1 aromatic heterocycles. The van der Waals surface area contributed by atoms with Crippen LogP contribution in [0, 0.1) is 6.92 Å². The second kappa shape index (κ2) is 8.37. The monoisotopic (exact) mass is 490 g/mol. The van der Waals surface area contributed by atoms with Gasteiger partial charge in [0.25, 0.3) is 20.0 Å². The van der Waals surface area contributed by atoms with Crippen LogP contribution in [0.2, 0.25) is 0 Å². The van der Waals surface area contributed by atoms with Gasteiger partial charge in [0.1, 0.15) is 21.7 Å². The zero-order valence-electron chi connectivity index (χ0n) is 16.9. The molecule has 0 atom stereocenters. The van der Waals surface area contributed by atoms with Crippen LogP contribution in [-0.4, -0.2) is 32.7 Å². The Morgan fingerprint density at radius 1 is 0.844 bits per heavy atom. The summed E-state index contributed by atoms with van der Waals surface area (Å²) in [6.07, 6.45) is 0. The highest BCUT2D eigenvalue weighted by atomic mass is 32.2. The standard InChI is InChI=1S/C20H18N4O5S3/c1-13-10-11-14(31(25,26)23-15-6-3-4-8-18(15)29-2)12-17(13)24-32(27,28)19-9-5-7-16-20(19)22-30-21-16/h3-12,23-24H,1-2H3. The third-order valence-corrected chi connectivity index (χ3v) is 7.96. The number of sulfonamides is 2. The average Bonchev–Trinajstić information content (AvgIpc) is 3.24. The maximum Gasteiger partial charge on any atom is 0.264 e. The molecule has 12 heteroatoms. The highest BCUT2D eigenvalue weighted by Gasteiger charge is 2.23. The van der Waals surface area contributed by atoms with Crippen LogP contribution in [0.1, 0.15) is 5.56 Å². The Hall–Kier alpha value is -3.22. The fourth-order valence-electron chi connectivity index (χ4n) is 3.01. The van der Waals surface area contributed by atoms with Crippen molar-refractivity contribution < 1.29 is 21.6 Å². The molecule has 0 aliphatic carbocycles. The quantitative estimate of drug-likeness (QED) is 0.405. The second-order valence-corrected chi connectivity index (χ2v) is 10.6. The predicted octanol–water partition coefficient (Wildman–Crippen LogP) is 3.61. The molecule has 2 N–H and O–H groups in total. The maximum absolute atomic E-state index is 13.0. The number of hydrogen-bond donors (Lipinski definition) is 2. The van der Waals surface area contributed by atoms with Gasteiger partial charge in [0.15, 0.2) is 0 Å². The first-order valence-electron chi connectivity index (χ1n) is 9.22. The lowest BCUT2D eigenvalue weighted by Gasteiger charge is -2.14. The molecule has 0 fully saturated rings. The number of benzene rings is 3. The van der Waals surface area contributed by atoms with Crippen molar-refractivity contribution in [2.45, 2.75) is 16.7 Å². The van der Waals surface area contributed by atoms with Crippen molar-refractivity contribution in [3.8, 4) is 5.75 Å². The van der Waals surface area contributed by atoms with Crippen molar-refractivity contribution in [2.24, 2.45) is 0 Å². The summed E-state index contributed by atoms with van der Waals surface area (Å²) in [5.74, 6) is 0.356. The molecule has 1 heterocycles. The topological polar surface area (TPSA) is 127 Å². The summed E-state index contributed by atoms with van der Waals surface area (Å²) in [4.78, 5) is -0.149. The number of fused-ring (bicyclic) bond motifs is 1. The van der Waals surface area contributed by atoms with Crippen molar-refractivity contribution in [1.29, 1.82) is 0 Å². The number of aromatic nitrogens is 2. The van der Waals surface area contributed by atoms with E-state index >= 15 is 0 Å². The van der Waals surface area contributed by atoms with Crippen LogP contribution >= 0.6 is 11.7 Å². The fraction of sp³-hybridized carbons (Fsp3) is 0.100. The van der Waals surface area contributed by atoms with Gasteiger partial charge < -0.3 is 4.74 Å². The number of para-hydroxylation sites is 2. The Kier molecular flexibility index (Phi) is 5.75. The molecule has 0 amide bonds. The first-order chi connectivity index (χ1) is 15.2. The molecule has 4 rings (SSSR count). The van der Waals surface area contributed by atoms with E-state index in [-0.39, 0.29) is 26.7 Å². The Morgan fingerprint density at radius 3 is 2.38 bits per heavy atom. The predicted molar refractivity (Wildman–Crippen MR) is 123 cm³/mol. The van der Waals surface area contributed by atoms with Gasteiger partial charge in [-0.2, -0.15) is 8.75 Å². The van der Waals surface area contributed by atoms with E-state index in [0.29, 0.717) is 16.8 Å². The normalized spacial score (nSPS) is 11.9. The van der Waals surface area contributed by atoms with E-state index in [1.165, 1.54) is 31.4 Å². The van der Waals surface area contributed by atoms with Gasteiger partial charge in [0.2, 0.25) is 0 Å². The van der Waals surface area contributed by atoms with E-state index in [4.69, 9.17) is 4.74 Å². The van der Waals surface area contributed by atoms with Gasteiger partial charge in [-0.25, -0.2) is 16.8 Å². The number of nitrogens with one attached hydrogen (secondary N) is 2. The molecule has 0 radical (unpaired) electrons. The van der Waals surface area contributed by atoms with Gasteiger partial charge in [-0.1, -0.05) is 24.3 Å². The lowest BCUT2D eigenvalue weighted by molar-refractivity contribution is 0.417. The van der Waals surface area contributed by atoms with Gasteiger partial charge in [-0.05, 0) is 48.9 Å². The Bertz CT molecular complexity index is 1520. The molecule has 9 nitrogen and oxygen atoms in total. The Labute approximate surface area is 189 Å². The van der Waals surface area contributed by atoms with E-state index < -0.39 is 20.0 Å². The van der Waals surface area contributed by atoms with Gasteiger partial charge in [0.05, 0.1) is 35.1 Å². The fourth-order valence-corrected chi connectivity index (χ4v) is 5.99. The van der Waals surface area contributed by atoms with Crippen molar-refractivity contribution in [2.75, 3.05) is 16.6 Å². The molecular weight excluding hydrogens is 472 g/mol. The molecule has 0 spiro atoms. The lowest BCUT2D eigenvalue weighted by atomic mass is 10.2. The SMILES string of the molecule is COc1ccccc1NS(=O)(=O)c1ccc(C)c(NS(=O)(=O)c2cccc3nsnc23)c1. The summed E-state index contributed by atoms with van der Waals surface area (Å²) >= 11 is 0.912. The van der Waals surface area contributed by atoms with Crippen LogP contribution in [0.15, 0.2) is 70.5 Å². The first-order valence-corrected chi connectivity index (χ1v) is 12.9. The second-order valence-electron chi connectivity index (χ2n) is 6.78. The molecule has 0 saturated carbocycles. The molecule has 32 heavy (non-hydrogen) atoms. The van der Waals surface area contributed by atoms with Gasteiger partial charge >= 0.3 is 0 Å². The number of nitrogens with zero attached hydrogens (tertiary/aromatic N) is 2. The molecule has 166 valence electrons. The van der Waals surface area contributed by atoms with Gasteiger partial charge in [-0.15, -0.1) is 0 Å². The highest BCUT2D eigenvalue weighted by molar-refractivity contribution is 7.93. The number of hydrogen-bond acceptors (Lipinski definition) is 8. The highest BCUT2D eigenvalue weighted by Crippen LogP contribution is 2.29. The number of rotatable bonds is 7. The number of ether oxygens (including phenoxy) is 1. The average molecular weight is 491 g/mol. The van der Waals surface area contributed by atoms with E-state index in [2.05, 4.69) is 18.2 Å². The molecule has 4 aromatic rings. The molecule has 0 saturated heterocycles. The minimum atomic E-state index is -4.05. The third-order valence-electron chi connectivity index (χ3n) is 4.65. The lowest BCUT2D eigenvalue weighted by Crippen LogP contribution is -2.17. The van der Waals surface area contributed by atoms with Gasteiger partial charge in [-0.3, -0.25) is 9.44 Å². The summed E-state index contributed by atoms with van der Waals surface area (Å²) in [5, 5.41) is 0. The summed E-state index contributed by atoms with van der Waals surface area (Å²) in [7, 11) is -6.63. The van der Waals surface area contributed by atoms with Crippen molar-refractivity contribution >= 4 is 54.2 Å². The molecular formula is C20H18N4O5S3. The largest absolute Gasteiger partial charge is 0.495 e.